The molecule has 0 radical (unpaired) electrons. The normalized spacial score (nSPS) is 17.3. The molecule has 16 heavy (non-hydrogen) atoms. The Balaban J connectivity index is 1.99. The first-order chi connectivity index (χ1) is 7.77. The molecule has 1 aliphatic carbocycles. The lowest BCUT2D eigenvalue weighted by Crippen LogP contribution is -2.20. The molecule has 0 unspecified atom stereocenters. The molecule has 1 saturated carbocycles. The number of hydrogen-bond acceptors (Lipinski definition) is 2. The van der Waals surface area contributed by atoms with Crippen LogP contribution in [0.2, 0.25) is 0 Å². The van der Waals surface area contributed by atoms with Crippen LogP contribution in [-0.2, 0) is 11.2 Å². The molecule has 0 aromatic carbocycles. The Morgan fingerprint density at radius 1 is 1.38 bits per heavy atom. The third-order valence-electron chi connectivity index (χ3n) is 3.52. The molecule has 1 heterocycles. The van der Waals surface area contributed by atoms with Crippen LogP contribution in [0.1, 0.15) is 43.4 Å². The topological polar surface area (TPSA) is 30.0 Å². The second-order valence-electron chi connectivity index (χ2n) is 4.75. The molecule has 1 aromatic rings. The van der Waals surface area contributed by atoms with Crippen molar-refractivity contribution in [2.75, 3.05) is 0 Å². The van der Waals surface area contributed by atoms with Crippen LogP contribution in [-0.4, -0.2) is 10.8 Å². The Morgan fingerprint density at radius 3 is 2.81 bits per heavy atom. The van der Waals surface area contributed by atoms with Gasteiger partial charge in [-0.15, -0.1) is 0 Å². The van der Waals surface area contributed by atoms with E-state index in [0.29, 0.717) is 18.1 Å². The minimum atomic E-state index is 0.301. The number of aryl methyl sites for hydroxylation is 1. The van der Waals surface area contributed by atoms with Gasteiger partial charge in [-0.2, -0.15) is 0 Å². The van der Waals surface area contributed by atoms with E-state index < -0.39 is 0 Å². The maximum Gasteiger partial charge on any atom is 0.141 e. The summed E-state index contributed by atoms with van der Waals surface area (Å²) in [6.45, 7) is 2.02. The number of hydrogen-bond donors (Lipinski definition) is 0. The molecule has 1 aromatic heterocycles. The Hall–Kier alpha value is -1.18. The van der Waals surface area contributed by atoms with E-state index in [1.165, 1.54) is 19.3 Å². The first-order valence-electron chi connectivity index (χ1n) is 6.20. The minimum absolute atomic E-state index is 0.301. The molecule has 0 atom stereocenters. The first-order valence-corrected chi connectivity index (χ1v) is 6.20. The van der Waals surface area contributed by atoms with Crippen molar-refractivity contribution >= 4 is 5.78 Å². The van der Waals surface area contributed by atoms with Crippen molar-refractivity contribution in [2.45, 2.75) is 45.4 Å². The van der Waals surface area contributed by atoms with E-state index in [1.54, 1.807) is 6.20 Å². The Bertz CT molecular complexity index is 367. The van der Waals surface area contributed by atoms with Crippen molar-refractivity contribution < 1.29 is 4.79 Å². The highest BCUT2D eigenvalue weighted by atomic mass is 16.1. The number of Topliss-reactive ketones (excluding diaryl/α,β-unsaturated/α-hetero) is 1. The van der Waals surface area contributed by atoms with E-state index in [-0.39, 0.29) is 0 Å². The molecular formula is C14H19NO. The first kappa shape index (κ1) is 11.3. The summed E-state index contributed by atoms with van der Waals surface area (Å²) in [5.74, 6) is 0.691. The predicted octanol–water partition coefficient (Wildman–Crippen LogP) is 3.08. The Kier molecular flexibility index (Phi) is 3.70. The summed E-state index contributed by atoms with van der Waals surface area (Å²) in [4.78, 5) is 16.4. The van der Waals surface area contributed by atoms with Crippen molar-refractivity contribution in [1.29, 1.82) is 0 Å². The highest BCUT2D eigenvalue weighted by Crippen LogP contribution is 2.25. The zero-order chi connectivity index (χ0) is 11.4. The molecule has 0 spiro atoms. The van der Waals surface area contributed by atoms with E-state index in [2.05, 4.69) is 4.98 Å². The van der Waals surface area contributed by atoms with Crippen LogP contribution in [0.15, 0.2) is 18.3 Å². The predicted molar refractivity (Wildman–Crippen MR) is 64.3 cm³/mol. The van der Waals surface area contributed by atoms with Crippen molar-refractivity contribution in [3.8, 4) is 0 Å². The van der Waals surface area contributed by atoms with E-state index in [1.807, 2.05) is 19.1 Å². The molecule has 1 aliphatic rings. The van der Waals surface area contributed by atoms with Gasteiger partial charge in [-0.25, -0.2) is 0 Å². The molecule has 2 heteroatoms. The van der Waals surface area contributed by atoms with Crippen LogP contribution in [0.5, 0.6) is 0 Å². The third kappa shape index (κ3) is 2.69. The minimum Gasteiger partial charge on any atom is -0.299 e. The number of carbonyl (C=O) groups is 1. The molecule has 0 amide bonds. The molecule has 0 saturated heterocycles. The Labute approximate surface area is 97.1 Å². The second-order valence-corrected chi connectivity index (χ2v) is 4.75. The van der Waals surface area contributed by atoms with E-state index in [0.717, 1.165) is 24.1 Å². The molecule has 0 bridgehead atoms. The summed E-state index contributed by atoms with van der Waals surface area (Å²) in [5, 5.41) is 0. The van der Waals surface area contributed by atoms with Gasteiger partial charge in [0.05, 0.1) is 5.69 Å². The molecule has 2 rings (SSSR count). The molecule has 0 aliphatic heterocycles. The van der Waals surface area contributed by atoms with Gasteiger partial charge >= 0.3 is 0 Å². The van der Waals surface area contributed by atoms with Crippen LogP contribution < -0.4 is 0 Å². The van der Waals surface area contributed by atoms with Gasteiger partial charge in [0, 0.05) is 18.5 Å². The molecule has 2 nitrogen and oxygen atoms in total. The summed E-state index contributed by atoms with van der Waals surface area (Å²) >= 11 is 0. The average molecular weight is 217 g/mol. The highest BCUT2D eigenvalue weighted by molar-refractivity contribution is 5.83. The lowest BCUT2D eigenvalue weighted by Gasteiger charge is -2.20. The number of aromatic nitrogens is 1. The van der Waals surface area contributed by atoms with Gasteiger partial charge in [-0.3, -0.25) is 9.78 Å². The number of carbonyl (C=O) groups excluding carboxylic acids is 1. The standard InChI is InChI=1S/C14H19NO/c1-11-6-5-9-15-13(11)10-14(16)12-7-3-2-4-8-12/h5-6,9,12H,2-4,7-8,10H2,1H3. The van der Waals surface area contributed by atoms with Crippen LogP contribution in [0.3, 0.4) is 0 Å². The number of ketones is 1. The van der Waals surface area contributed by atoms with Gasteiger partial charge in [0.2, 0.25) is 0 Å². The van der Waals surface area contributed by atoms with Crippen LogP contribution >= 0.6 is 0 Å². The summed E-state index contributed by atoms with van der Waals surface area (Å²) < 4.78 is 0. The van der Waals surface area contributed by atoms with Gasteiger partial charge in [-0.1, -0.05) is 25.3 Å². The third-order valence-corrected chi connectivity index (χ3v) is 3.52. The second kappa shape index (κ2) is 5.24. The highest BCUT2D eigenvalue weighted by Gasteiger charge is 2.21. The summed E-state index contributed by atoms with van der Waals surface area (Å²) in [5.41, 5.74) is 2.09. The fourth-order valence-electron chi connectivity index (χ4n) is 2.44. The van der Waals surface area contributed by atoms with Crippen LogP contribution in [0, 0.1) is 12.8 Å². The van der Waals surface area contributed by atoms with E-state index in [4.69, 9.17) is 0 Å². The zero-order valence-corrected chi connectivity index (χ0v) is 9.91. The zero-order valence-electron chi connectivity index (χ0n) is 9.91. The largest absolute Gasteiger partial charge is 0.299 e. The van der Waals surface area contributed by atoms with Gasteiger partial charge in [0.15, 0.2) is 0 Å². The fourth-order valence-corrected chi connectivity index (χ4v) is 2.44. The van der Waals surface area contributed by atoms with Gasteiger partial charge in [0.25, 0.3) is 0 Å². The van der Waals surface area contributed by atoms with Gasteiger partial charge < -0.3 is 0 Å². The number of rotatable bonds is 3. The summed E-state index contributed by atoms with van der Waals surface area (Å²) in [6.07, 6.45) is 8.21. The van der Waals surface area contributed by atoms with E-state index in [9.17, 15) is 4.79 Å². The maximum atomic E-state index is 12.1. The average Bonchev–Trinajstić information content (AvgIpc) is 2.33. The number of nitrogens with zero attached hydrogens (tertiary/aromatic N) is 1. The van der Waals surface area contributed by atoms with Crippen molar-refractivity contribution in [2.24, 2.45) is 5.92 Å². The molecular weight excluding hydrogens is 198 g/mol. The van der Waals surface area contributed by atoms with E-state index >= 15 is 0 Å². The van der Waals surface area contributed by atoms with Crippen LogP contribution in [0.25, 0.3) is 0 Å². The molecule has 0 N–H and O–H groups in total. The van der Waals surface area contributed by atoms with Crippen molar-refractivity contribution in [3.63, 3.8) is 0 Å². The lowest BCUT2D eigenvalue weighted by molar-refractivity contribution is -0.123. The van der Waals surface area contributed by atoms with Crippen molar-refractivity contribution in [1.82, 2.24) is 4.98 Å². The van der Waals surface area contributed by atoms with Gasteiger partial charge in [-0.05, 0) is 31.4 Å². The fraction of sp³-hybridized carbons (Fsp3) is 0.571. The summed E-state index contributed by atoms with van der Waals surface area (Å²) in [6, 6.07) is 3.94. The van der Waals surface area contributed by atoms with Gasteiger partial charge in [0.1, 0.15) is 5.78 Å². The molecule has 1 fully saturated rings. The van der Waals surface area contributed by atoms with Crippen LogP contribution in [0.4, 0.5) is 0 Å². The number of pyridine rings is 1. The quantitative estimate of drug-likeness (QED) is 0.778. The smallest absolute Gasteiger partial charge is 0.141 e. The molecule has 86 valence electrons. The Morgan fingerprint density at radius 2 is 2.12 bits per heavy atom. The lowest BCUT2D eigenvalue weighted by atomic mass is 9.84. The monoisotopic (exact) mass is 217 g/mol. The maximum absolute atomic E-state index is 12.1. The van der Waals surface area contributed by atoms with Crippen molar-refractivity contribution in [3.05, 3.63) is 29.6 Å². The summed E-state index contributed by atoms with van der Waals surface area (Å²) in [7, 11) is 0. The SMILES string of the molecule is Cc1cccnc1CC(=O)C1CCCCC1.